The van der Waals surface area contributed by atoms with E-state index in [4.69, 9.17) is 9.47 Å². The Morgan fingerprint density at radius 1 is 1.00 bits per heavy atom. The van der Waals surface area contributed by atoms with Crippen molar-refractivity contribution in [2.45, 2.75) is 32.1 Å². The molecule has 2 amide bonds. The van der Waals surface area contributed by atoms with Gasteiger partial charge in [0.1, 0.15) is 5.75 Å². The van der Waals surface area contributed by atoms with Crippen LogP contribution in [0.3, 0.4) is 0 Å². The number of carbonyl (C=O) groups is 2. The van der Waals surface area contributed by atoms with Crippen LogP contribution in [0.5, 0.6) is 5.75 Å². The fourth-order valence-electron chi connectivity index (χ4n) is 3.76. The summed E-state index contributed by atoms with van der Waals surface area (Å²) in [5.74, 6) is 1.58. The van der Waals surface area contributed by atoms with Crippen LogP contribution in [0.25, 0.3) is 0 Å². The van der Waals surface area contributed by atoms with Crippen LogP contribution in [-0.4, -0.2) is 67.6 Å². The number of amides is 2. The first-order chi connectivity index (χ1) is 13.2. The van der Waals surface area contributed by atoms with E-state index in [1.165, 1.54) is 0 Å². The van der Waals surface area contributed by atoms with Crippen molar-refractivity contribution in [1.82, 2.24) is 9.80 Å². The molecule has 0 aromatic heterocycles. The first-order valence-corrected chi connectivity index (χ1v) is 10.0. The largest absolute Gasteiger partial charge is 0.493 e. The maximum absolute atomic E-state index is 12.5. The van der Waals surface area contributed by atoms with Crippen LogP contribution in [0.1, 0.15) is 32.1 Å². The highest BCUT2D eigenvalue weighted by molar-refractivity contribution is 5.77. The van der Waals surface area contributed by atoms with Crippen molar-refractivity contribution in [1.29, 1.82) is 0 Å². The minimum absolute atomic E-state index is 0.148. The lowest BCUT2D eigenvalue weighted by atomic mass is 9.93. The summed E-state index contributed by atoms with van der Waals surface area (Å²) in [6, 6.07) is 9.57. The monoisotopic (exact) mass is 374 g/mol. The van der Waals surface area contributed by atoms with E-state index in [0.717, 1.165) is 38.1 Å². The second-order valence-corrected chi connectivity index (χ2v) is 7.29. The smallest absolute Gasteiger partial charge is 0.226 e. The van der Waals surface area contributed by atoms with E-state index in [2.05, 4.69) is 0 Å². The zero-order valence-corrected chi connectivity index (χ0v) is 16.0. The minimum Gasteiger partial charge on any atom is -0.493 e. The molecule has 0 saturated carbocycles. The summed E-state index contributed by atoms with van der Waals surface area (Å²) in [5, 5.41) is 0. The van der Waals surface area contributed by atoms with Crippen molar-refractivity contribution in [2.24, 2.45) is 5.92 Å². The molecular formula is C21H30N2O4. The van der Waals surface area contributed by atoms with Gasteiger partial charge in [0.15, 0.2) is 0 Å². The molecule has 2 aliphatic heterocycles. The third-order valence-electron chi connectivity index (χ3n) is 5.33. The molecule has 0 spiro atoms. The molecule has 0 N–H and O–H groups in total. The van der Waals surface area contributed by atoms with Gasteiger partial charge in [0, 0.05) is 32.6 Å². The Morgan fingerprint density at radius 3 is 2.52 bits per heavy atom. The predicted octanol–water partition coefficient (Wildman–Crippen LogP) is 2.33. The van der Waals surface area contributed by atoms with Gasteiger partial charge >= 0.3 is 0 Å². The van der Waals surface area contributed by atoms with Crippen LogP contribution in [0, 0.1) is 5.92 Å². The normalized spacial score (nSPS) is 20.4. The number of para-hydroxylation sites is 1. The molecular weight excluding hydrogens is 344 g/mol. The van der Waals surface area contributed by atoms with Gasteiger partial charge in [0.2, 0.25) is 11.8 Å². The summed E-state index contributed by atoms with van der Waals surface area (Å²) in [5.41, 5.74) is 0. The summed E-state index contributed by atoms with van der Waals surface area (Å²) in [6.07, 6.45) is 3.95. The van der Waals surface area contributed by atoms with Gasteiger partial charge in [-0.1, -0.05) is 18.2 Å². The Balaban J connectivity index is 1.36. The first-order valence-electron chi connectivity index (χ1n) is 10.0. The third-order valence-corrected chi connectivity index (χ3v) is 5.33. The molecule has 0 bridgehead atoms. The van der Waals surface area contributed by atoms with E-state index >= 15 is 0 Å². The number of rotatable bonds is 7. The third kappa shape index (κ3) is 6.24. The summed E-state index contributed by atoms with van der Waals surface area (Å²) in [4.78, 5) is 28.6. The molecule has 2 heterocycles. The summed E-state index contributed by atoms with van der Waals surface area (Å²) < 4.78 is 10.9. The number of benzene rings is 1. The van der Waals surface area contributed by atoms with Gasteiger partial charge in [-0.25, -0.2) is 0 Å². The Bertz CT molecular complexity index is 601. The predicted molar refractivity (Wildman–Crippen MR) is 102 cm³/mol. The Kier molecular flexibility index (Phi) is 7.51. The Hall–Kier alpha value is -2.08. The number of piperidine rings is 1. The van der Waals surface area contributed by atoms with E-state index in [-0.39, 0.29) is 11.8 Å². The molecule has 2 aliphatic rings. The van der Waals surface area contributed by atoms with Crippen molar-refractivity contribution in [3.05, 3.63) is 30.3 Å². The molecule has 6 heteroatoms. The van der Waals surface area contributed by atoms with Crippen LogP contribution in [0.2, 0.25) is 0 Å². The van der Waals surface area contributed by atoms with E-state index in [1.807, 2.05) is 40.1 Å². The summed E-state index contributed by atoms with van der Waals surface area (Å²) >= 11 is 0. The van der Waals surface area contributed by atoms with E-state index in [0.29, 0.717) is 51.7 Å². The molecule has 1 aromatic carbocycles. The van der Waals surface area contributed by atoms with Crippen LogP contribution in [0.15, 0.2) is 30.3 Å². The molecule has 148 valence electrons. The number of hydrogen-bond donors (Lipinski definition) is 0. The van der Waals surface area contributed by atoms with E-state index in [1.54, 1.807) is 0 Å². The van der Waals surface area contributed by atoms with Crippen molar-refractivity contribution < 1.29 is 19.1 Å². The van der Waals surface area contributed by atoms with Gasteiger partial charge in [0.05, 0.1) is 26.2 Å². The number of likely N-dealkylation sites (tertiary alicyclic amines) is 1. The number of carbonyl (C=O) groups excluding carboxylic acids is 2. The fourth-order valence-corrected chi connectivity index (χ4v) is 3.76. The molecule has 0 aliphatic carbocycles. The highest BCUT2D eigenvalue weighted by atomic mass is 16.5. The van der Waals surface area contributed by atoms with Crippen molar-refractivity contribution >= 4 is 11.8 Å². The van der Waals surface area contributed by atoms with Gasteiger partial charge in [-0.3, -0.25) is 9.59 Å². The molecule has 27 heavy (non-hydrogen) atoms. The average Bonchev–Trinajstić information content (AvgIpc) is 2.73. The molecule has 1 unspecified atom stereocenters. The number of nitrogens with zero attached hydrogens (tertiary/aromatic N) is 2. The second kappa shape index (κ2) is 10.3. The first kappa shape index (κ1) is 19.7. The summed E-state index contributed by atoms with van der Waals surface area (Å²) in [6.45, 7) is 4.67. The second-order valence-electron chi connectivity index (χ2n) is 7.29. The van der Waals surface area contributed by atoms with Gasteiger partial charge < -0.3 is 19.3 Å². The lowest BCUT2D eigenvalue weighted by Crippen LogP contribution is -2.42. The van der Waals surface area contributed by atoms with Crippen molar-refractivity contribution in [3.63, 3.8) is 0 Å². The maximum Gasteiger partial charge on any atom is 0.226 e. The maximum atomic E-state index is 12.5. The van der Waals surface area contributed by atoms with Crippen molar-refractivity contribution in [2.75, 3.05) is 46.0 Å². The highest BCUT2D eigenvalue weighted by Crippen LogP contribution is 2.22. The molecule has 2 saturated heterocycles. The molecule has 6 nitrogen and oxygen atoms in total. The van der Waals surface area contributed by atoms with E-state index < -0.39 is 0 Å². The molecule has 2 fully saturated rings. The van der Waals surface area contributed by atoms with Crippen LogP contribution in [0.4, 0.5) is 0 Å². The molecule has 1 aromatic rings. The molecule has 0 radical (unpaired) electrons. The Morgan fingerprint density at radius 2 is 1.74 bits per heavy atom. The van der Waals surface area contributed by atoms with E-state index in [9.17, 15) is 9.59 Å². The number of hydrogen-bond acceptors (Lipinski definition) is 4. The molecule has 3 rings (SSSR count). The van der Waals surface area contributed by atoms with Gasteiger partial charge in [-0.05, 0) is 37.3 Å². The number of ether oxygens (including phenoxy) is 2. The van der Waals surface area contributed by atoms with Crippen LogP contribution >= 0.6 is 0 Å². The zero-order chi connectivity index (χ0) is 18.9. The SMILES string of the molecule is O=C(CCC1CCCN(C(=O)CCOc2ccccc2)C1)N1CCOCC1. The van der Waals surface area contributed by atoms with Crippen molar-refractivity contribution in [3.8, 4) is 5.75 Å². The quantitative estimate of drug-likeness (QED) is 0.735. The van der Waals surface area contributed by atoms with Crippen LogP contribution in [-0.2, 0) is 14.3 Å². The number of morpholine rings is 1. The summed E-state index contributed by atoms with van der Waals surface area (Å²) in [7, 11) is 0. The lowest BCUT2D eigenvalue weighted by Gasteiger charge is -2.33. The fraction of sp³-hybridized carbons (Fsp3) is 0.619. The minimum atomic E-state index is 0.148. The highest BCUT2D eigenvalue weighted by Gasteiger charge is 2.25. The van der Waals surface area contributed by atoms with Crippen LogP contribution < -0.4 is 4.74 Å². The standard InChI is InChI=1S/C21H30N2O4/c24-20(22-12-15-26-16-13-22)9-8-18-5-4-11-23(17-18)21(25)10-14-27-19-6-2-1-3-7-19/h1-3,6-7,18H,4-5,8-17H2. The Labute approximate surface area is 161 Å². The zero-order valence-electron chi connectivity index (χ0n) is 16.0. The topological polar surface area (TPSA) is 59.1 Å². The van der Waals surface area contributed by atoms with Gasteiger partial charge in [0.25, 0.3) is 0 Å². The lowest BCUT2D eigenvalue weighted by molar-refractivity contribution is -0.135. The average molecular weight is 374 g/mol. The van der Waals surface area contributed by atoms with Gasteiger partial charge in [-0.2, -0.15) is 0 Å². The molecule has 1 atom stereocenters. The van der Waals surface area contributed by atoms with Gasteiger partial charge in [-0.15, -0.1) is 0 Å².